The van der Waals surface area contributed by atoms with Gasteiger partial charge in [-0.2, -0.15) is 0 Å². The van der Waals surface area contributed by atoms with Crippen LogP contribution in [0.5, 0.6) is 5.75 Å². The van der Waals surface area contributed by atoms with Crippen molar-refractivity contribution >= 4 is 23.4 Å². The number of aromatic nitrogens is 3. The zero-order valence-electron chi connectivity index (χ0n) is 17.5. The van der Waals surface area contributed by atoms with E-state index in [-0.39, 0.29) is 11.7 Å². The van der Waals surface area contributed by atoms with Crippen molar-refractivity contribution < 1.29 is 9.53 Å². The number of ether oxygens (including phenoxy) is 1. The lowest BCUT2D eigenvalue weighted by Gasteiger charge is -2.09. The molecule has 0 unspecified atom stereocenters. The highest BCUT2D eigenvalue weighted by Gasteiger charge is 2.14. The largest absolute Gasteiger partial charge is 0.497 e. The number of anilines is 1. The Balaban J connectivity index is 1.66. The van der Waals surface area contributed by atoms with E-state index in [1.54, 1.807) is 13.2 Å². The molecule has 1 amide bonds. The average Bonchev–Trinajstić information content (AvgIpc) is 3.08. The SMILES string of the molecule is C=CCn1c(Cc2ccc(OC)cc2)nnc1SCC(=O)Nc1cc(C)cc(C)c1. The minimum atomic E-state index is -0.0742. The van der Waals surface area contributed by atoms with E-state index in [1.165, 1.54) is 11.8 Å². The van der Waals surface area contributed by atoms with Gasteiger partial charge in [0.2, 0.25) is 5.91 Å². The molecule has 0 atom stereocenters. The maximum atomic E-state index is 12.4. The van der Waals surface area contributed by atoms with Crippen LogP contribution in [0, 0.1) is 13.8 Å². The number of hydrogen-bond donors (Lipinski definition) is 1. The van der Waals surface area contributed by atoms with E-state index < -0.39 is 0 Å². The molecule has 3 rings (SSSR count). The van der Waals surface area contributed by atoms with Crippen molar-refractivity contribution in [2.75, 3.05) is 18.2 Å². The summed E-state index contributed by atoms with van der Waals surface area (Å²) in [7, 11) is 1.65. The molecule has 0 radical (unpaired) electrons. The molecule has 1 aromatic heterocycles. The monoisotopic (exact) mass is 422 g/mol. The maximum absolute atomic E-state index is 12.4. The first kappa shape index (κ1) is 21.6. The van der Waals surface area contributed by atoms with E-state index in [2.05, 4.69) is 28.2 Å². The van der Waals surface area contributed by atoms with Gasteiger partial charge in [0.15, 0.2) is 5.16 Å². The predicted molar refractivity (Wildman–Crippen MR) is 121 cm³/mol. The zero-order chi connectivity index (χ0) is 21.5. The number of methoxy groups -OCH3 is 1. The number of nitrogens with one attached hydrogen (secondary N) is 1. The van der Waals surface area contributed by atoms with Crippen LogP contribution in [0.4, 0.5) is 5.69 Å². The molecule has 6 nitrogen and oxygen atoms in total. The predicted octanol–water partition coefficient (Wildman–Crippen LogP) is 4.41. The van der Waals surface area contributed by atoms with Gasteiger partial charge in [0.1, 0.15) is 11.6 Å². The summed E-state index contributed by atoms with van der Waals surface area (Å²) in [4.78, 5) is 12.4. The summed E-state index contributed by atoms with van der Waals surface area (Å²) in [5.41, 5.74) is 4.15. The number of carbonyl (C=O) groups excluding carboxylic acids is 1. The zero-order valence-corrected chi connectivity index (χ0v) is 18.3. The van der Waals surface area contributed by atoms with Gasteiger partial charge < -0.3 is 14.6 Å². The molecule has 3 aromatic rings. The topological polar surface area (TPSA) is 69.0 Å². The summed E-state index contributed by atoms with van der Waals surface area (Å²) in [6.45, 7) is 8.44. The van der Waals surface area contributed by atoms with Gasteiger partial charge in [0.25, 0.3) is 0 Å². The minimum Gasteiger partial charge on any atom is -0.497 e. The number of thioether (sulfide) groups is 1. The van der Waals surface area contributed by atoms with Crippen LogP contribution >= 0.6 is 11.8 Å². The second-order valence-electron chi connectivity index (χ2n) is 7.04. The van der Waals surface area contributed by atoms with Crippen LogP contribution < -0.4 is 10.1 Å². The third kappa shape index (κ3) is 5.73. The first-order valence-corrected chi connectivity index (χ1v) is 10.6. The number of aryl methyl sites for hydroxylation is 2. The molecule has 7 heteroatoms. The molecule has 0 saturated heterocycles. The van der Waals surface area contributed by atoms with Crippen molar-refractivity contribution in [1.29, 1.82) is 0 Å². The number of carbonyl (C=O) groups is 1. The summed E-state index contributed by atoms with van der Waals surface area (Å²) >= 11 is 1.37. The Morgan fingerprint density at radius 2 is 1.87 bits per heavy atom. The quantitative estimate of drug-likeness (QED) is 0.409. The van der Waals surface area contributed by atoms with Crippen molar-refractivity contribution in [3.05, 3.63) is 77.6 Å². The first-order valence-electron chi connectivity index (χ1n) is 9.65. The summed E-state index contributed by atoms with van der Waals surface area (Å²) in [6, 6.07) is 13.9. The standard InChI is InChI=1S/C23H26N4O2S/c1-5-10-27-21(14-18-6-8-20(29-4)9-7-18)25-26-23(27)30-15-22(28)24-19-12-16(2)11-17(3)13-19/h5-9,11-13H,1,10,14-15H2,2-4H3,(H,24,28). The Morgan fingerprint density at radius 1 is 1.17 bits per heavy atom. The highest BCUT2D eigenvalue weighted by molar-refractivity contribution is 7.99. The molecule has 0 bridgehead atoms. The van der Waals surface area contributed by atoms with E-state index in [0.717, 1.165) is 34.0 Å². The molecular formula is C23H26N4O2S. The van der Waals surface area contributed by atoms with Gasteiger partial charge in [-0.1, -0.05) is 36.0 Å². The Labute approximate surface area is 181 Å². The molecule has 0 aliphatic heterocycles. The summed E-state index contributed by atoms with van der Waals surface area (Å²) in [5, 5.41) is 12.3. The number of rotatable bonds is 9. The second kappa shape index (κ2) is 10.1. The average molecular weight is 423 g/mol. The Morgan fingerprint density at radius 3 is 2.50 bits per heavy atom. The molecule has 156 valence electrons. The molecule has 1 heterocycles. The molecule has 0 fully saturated rings. The maximum Gasteiger partial charge on any atom is 0.234 e. The number of nitrogens with zero attached hydrogens (tertiary/aromatic N) is 3. The van der Waals surface area contributed by atoms with Gasteiger partial charge in [-0.15, -0.1) is 16.8 Å². The first-order chi connectivity index (χ1) is 14.5. The number of amides is 1. The van der Waals surface area contributed by atoms with Gasteiger partial charge in [-0.3, -0.25) is 4.79 Å². The smallest absolute Gasteiger partial charge is 0.234 e. The van der Waals surface area contributed by atoms with Crippen LogP contribution in [0.15, 0.2) is 60.3 Å². The van der Waals surface area contributed by atoms with Gasteiger partial charge >= 0.3 is 0 Å². The fourth-order valence-corrected chi connectivity index (χ4v) is 3.94. The fraction of sp³-hybridized carbons (Fsp3) is 0.261. The van der Waals surface area contributed by atoms with Crippen LogP contribution in [0.2, 0.25) is 0 Å². The van der Waals surface area contributed by atoms with Gasteiger partial charge in [-0.25, -0.2) is 0 Å². The molecular weight excluding hydrogens is 396 g/mol. The lowest BCUT2D eigenvalue weighted by atomic mass is 10.1. The van der Waals surface area contributed by atoms with Crippen LogP contribution in [-0.2, 0) is 17.8 Å². The third-order valence-corrected chi connectivity index (χ3v) is 5.43. The molecule has 0 aliphatic carbocycles. The molecule has 0 saturated carbocycles. The Hall–Kier alpha value is -3.06. The molecule has 30 heavy (non-hydrogen) atoms. The Bertz CT molecular complexity index is 1010. The normalized spacial score (nSPS) is 10.6. The van der Waals surface area contributed by atoms with E-state index in [0.29, 0.717) is 18.1 Å². The summed E-state index contributed by atoms with van der Waals surface area (Å²) in [6.07, 6.45) is 2.45. The van der Waals surface area contributed by atoms with Gasteiger partial charge in [0.05, 0.1) is 12.9 Å². The summed E-state index contributed by atoms with van der Waals surface area (Å²) < 4.78 is 7.20. The van der Waals surface area contributed by atoms with E-state index >= 15 is 0 Å². The van der Waals surface area contributed by atoms with Gasteiger partial charge in [-0.05, 0) is 54.8 Å². The van der Waals surface area contributed by atoms with Crippen molar-refractivity contribution in [3.8, 4) is 5.75 Å². The minimum absolute atomic E-state index is 0.0742. The van der Waals surface area contributed by atoms with Crippen molar-refractivity contribution in [2.24, 2.45) is 0 Å². The highest BCUT2D eigenvalue weighted by atomic mass is 32.2. The fourth-order valence-electron chi connectivity index (χ4n) is 3.17. The van der Waals surface area contributed by atoms with Crippen molar-refractivity contribution in [2.45, 2.75) is 32.0 Å². The lowest BCUT2D eigenvalue weighted by molar-refractivity contribution is -0.113. The van der Waals surface area contributed by atoms with Crippen LogP contribution in [0.25, 0.3) is 0 Å². The third-order valence-electron chi connectivity index (χ3n) is 4.46. The van der Waals surface area contributed by atoms with E-state index in [1.807, 2.05) is 54.8 Å². The Kier molecular flexibility index (Phi) is 7.30. The van der Waals surface area contributed by atoms with Crippen molar-refractivity contribution in [1.82, 2.24) is 14.8 Å². The molecule has 1 N–H and O–H groups in total. The highest BCUT2D eigenvalue weighted by Crippen LogP contribution is 2.21. The summed E-state index contributed by atoms with van der Waals surface area (Å²) in [5.74, 6) is 1.83. The molecule has 2 aromatic carbocycles. The lowest BCUT2D eigenvalue weighted by Crippen LogP contribution is -2.15. The van der Waals surface area contributed by atoms with Crippen molar-refractivity contribution in [3.63, 3.8) is 0 Å². The number of allylic oxidation sites excluding steroid dienone is 1. The van der Waals surface area contributed by atoms with E-state index in [4.69, 9.17) is 4.74 Å². The number of hydrogen-bond acceptors (Lipinski definition) is 5. The van der Waals surface area contributed by atoms with Crippen LogP contribution in [0.1, 0.15) is 22.5 Å². The van der Waals surface area contributed by atoms with E-state index in [9.17, 15) is 4.79 Å². The number of benzene rings is 2. The molecule has 0 aliphatic rings. The van der Waals surface area contributed by atoms with Crippen LogP contribution in [-0.4, -0.2) is 33.5 Å². The second-order valence-corrected chi connectivity index (χ2v) is 7.98. The molecule has 0 spiro atoms. The van der Waals surface area contributed by atoms with Gasteiger partial charge in [0, 0.05) is 18.7 Å². The van der Waals surface area contributed by atoms with Crippen LogP contribution in [0.3, 0.4) is 0 Å².